The highest BCUT2D eigenvalue weighted by Gasteiger charge is 2.46. The van der Waals surface area contributed by atoms with Gasteiger partial charge in [-0.05, 0) is 54.7 Å². The van der Waals surface area contributed by atoms with Gasteiger partial charge in [0.25, 0.3) is 0 Å². The SMILES string of the molecule is COc1ccc(CC2(OC(=O)c3ccc(CN4CCCC4=O)cc3)CC2)cc1. The van der Waals surface area contributed by atoms with Crippen molar-refractivity contribution in [2.75, 3.05) is 13.7 Å². The molecule has 2 aromatic rings. The molecule has 0 aromatic heterocycles. The standard InChI is InChI=1S/C23H25NO4/c1-27-20-10-6-17(7-11-20)15-23(12-13-23)28-22(26)19-8-4-18(5-9-19)16-24-14-2-3-21(24)25/h4-11H,2-3,12-16H2,1H3. The van der Waals surface area contributed by atoms with Gasteiger partial charge in [0.05, 0.1) is 12.7 Å². The molecule has 0 radical (unpaired) electrons. The highest BCUT2D eigenvalue weighted by molar-refractivity contribution is 5.90. The zero-order valence-corrected chi connectivity index (χ0v) is 16.1. The van der Waals surface area contributed by atoms with Crippen LogP contribution in [0.15, 0.2) is 48.5 Å². The summed E-state index contributed by atoms with van der Waals surface area (Å²) in [5.74, 6) is 0.744. The Hall–Kier alpha value is -2.82. The van der Waals surface area contributed by atoms with E-state index in [0.717, 1.165) is 49.1 Å². The maximum Gasteiger partial charge on any atom is 0.338 e. The lowest BCUT2D eigenvalue weighted by molar-refractivity contribution is -0.128. The molecule has 146 valence electrons. The van der Waals surface area contributed by atoms with E-state index >= 15 is 0 Å². The lowest BCUT2D eigenvalue weighted by atomic mass is 10.1. The summed E-state index contributed by atoms with van der Waals surface area (Å²) < 4.78 is 11.0. The third-order valence-electron chi connectivity index (χ3n) is 5.54. The van der Waals surface area contributed by atoms with E-state index in [0.29, 0.717) is 18.5 Å². The Labute approximate surface area is 165 Å². The second-order valence-electron chi connectivity index (χ2n) is 7.71. The number of rotatable bonds is 7. The first kappa shape index (κ1) is 18.5. The number of methoxy groups -OCH3 is 1. The van der Waals surface area contributed by atoms with Crippen molar-refractivity contribution in [3.8, 4) is 5.75 Å². The summed E-state index contributed by atoms with van der Waals surface area (Å²) in [5.41, 5.74) is 2.34. The van der Waals surface area contributed by atoms with Crippen LogP contribution < -0.4 is 4.74 Å². The van der Waals surface area contributed by atoms with Gasteiger partial charge in [0.1, 0.15) is 11.4 Å². The molecule has 0 N–H and O–H groups in total. The molecule has 2 fully saturated rings. The van der Waals surface area contributed by atoms with Crippen LogP contribution in [0.4, 0.5) is 0 Å². The smallest absolute Gasteiger partial charge is 0.338 e. The highest BCUT2D eigenvalue weighted by atomic mass is 16.6. The number of esters is 1. The van der Waals surface area contributed by atoms with E-state index < -0.39 is 0 Å². The second kappa shape index (κ2) is 7.66. The molecule has 0 spiro atoms. The van der Waals surface area contributed by atoms with E-state index in [2.05, 4.69) is 0 Å². The molecule has 28 heavy (non-hydrogen) atoms. The van der Waals surface area contributed by atoms with Gasteiger partial charge in [-0.2, -0.15) is 0 Å². The summed E-state index contributed by atoms with van der Waals surface area (Å²) in [6, 6.07) is 15.3. The molecule has 5 heteroatoms. The summed E-state index contributed by atoms with van der Waals surface area (Å²) >= 11 is 0. The van der Waals surface area contributed by atoms with Crippen molar-refractivity contribution in [2.24, 2.45) is 0 Å². The molecule has 1 heterocycles. The van der Waals surface area contributed by atoms with E-state index in [1.54, 1.807) is 19.2 Å². The van der Waals surface area contributed by atoms with Crippen LogP contribution >= 0.6 is 0 Å². The fraction of sp³-hybridized carbons (Fsp3) is 0.391. The van der Waals surface area contributed by atoms with Crippen molar-refractivity contribution in [3.63, 3.8) is 0 Å². The number of amides is 1. The number of hydrogen-bond acceptors (Lipinski definition) is 4. The van der Waals surface area contributed by atoms with Crippen molar-refractivity contribution >= 4 is 11.9 Å². The largest absolute Gasteiger partial charge is 0.497 e. The van der Waals surface area contributed by atoms with Crippen LogP contribution in [0.25, 0.3) is 0 Å². The number of carbonyl (C=O) groups excluding carboxylic acids is 2. The monoisotopic (exact) mass is 379 g/mol. The van der Waals surface area contributed by atoms with E-state index in [4.69, 9.17) is 9.47 Å². The zero-order valence-electron chi connectivity index (χ0n) is 16.1. The minimum absolute atomic E-state index is 0.206. The lowest BCUT2D eigenvalue weighted by Gasteiger charge is -2.18. The molecular formula is C23H25NO4. The summed E-state index contributed by atoms with van der Waals surface area (Å²) in [4.78, 5) is 26.2. The van der Waals surface area contributed by atoms with Gasteiger partial charge in [0.15, 0.2) is 0 Å². The first-order valence-corrected chi connectivity index (χ1v) is 9.80. The molecular weight excluding hydrogens is 354 g/mol. The lowest BCUT2D eigenvalue weighted by Crippen LogP contribution is -2.24. The molecule has 0 unspecified atom stereocenters. The molecule has 1 aliphatic carbocycles. The number of benzene rings is 2. The maximum atomic E-state index is 12.6. The number of nitrogens with zero attached hydrogens (tertiary/aromatic N) is 1. The zero-order chi connectivity index (χ0) is 19.6. The van der Waals surface area contributed by atoms with Crippen LogP contribution in [-0.4, -0.2) is 36.0 Å². The van der Waals surface area contributed by atoms with Crippen LogP contribution in [-0.2, 0) is 22.5 Å². The van der Waals surface area contributed by atoms with E-state index in [-0.39, 0.29) is 17.5 Å². The van der Waals surface area contributed by atoms with Crippen molar-refractivity contribution in [1.29, 1.82) is 0 Å². The van der Waals surface area contributed by atoms with Crippen LogP contribution in [0.3, 0.4) is 0 Å². The maximum absolute atomic E-state index is 12.6. The summed E-state index contributed by atoms with van der Waals surface area (Å²) in [6.45, 7) is 1.42. The average molecular weight is 379 g/mol. The van der Waals surface area contributed by atoms with Crippen LogP contribution in [0.5, 0.6) is 5.75 Å². The van der Waals surface area contributed by atoms with Crippen molar-refractivity contribution < 1.29 is 19.1 Å². The van der Waals surface area contributed by atoms with Gasteiger partial charge in [0.2, 0.25) is 5.91 Å². The number of likely N-dealkylation sites (tertiary alicyclic amines) is 1. The van der Waals surface area contributed by atoms with Gasteiger partial charge in [0, 0.05) is 25.9 Å². The molecule has 2 aromatic carbocycles. The van der Waals surface area contributed by atoms with E-state index in [1.807, 2.05) is 41.3 Å². The first-order valence-electron chi connectivity index (χ1n) is 9.80. The Bertz CT molecular complexity index is 853. The summed E-state index contributed by atoms with van der Waals surface area (Å²) in [7, 11) is 1.65. The van der Waals surface area contributed by atoms with Gasteiger partial charge >= 0.3 is 5.97 Å². The topological polar surface area (TPSA) is 55.8 Å². The van der Waals surface area contributed by atoms with Gasteiger partial charge in [-0.1, -0.05) is 24.3 Å². The molecule has 1 saturated heterocycles. The average Bonchev–Trinajstić information content (AvgIpc) is 3.34. The molecule has 2 aliphatic rings. The van der Waals surface area contributed by atoms with Crippen molar-refractivity contribution in [3.05, 3.63) is 65.2 Å². The minimum Gasteiger partial charge on any atom is -0.497 e. The van der Waals surface area contributed by atoms with Gasteiger partial charge in [-0.3, -0.25) is 4.79 Å². The number of ether oxygens (including phenoxy) is 2. The van der Waals surface area contributed by atoms with E-state index in [1.165, 1.54) is 0 Å². The van der Waals surface area contributed by atoms with Crippen molar-refractivity contribution in [2.45, 2.75) is 44.2 Å². The fourth-order valence-electron chi connectivity index (χ4n) is 3.66. The Balaban J connectivity index is 1.35. The second-order valence-corrected chi connectivity index (χ2v) is 7.71. The highest BCUT2D eigenvalue weighted by Crippen LogP contribution is 2.43. The number of carbonyl (C=O) groups is 2. The summed E-state index contributed by atoms with van der Waals surface area (Å²) in [5, 5.41) is 0. The Kier molecular flexibility index (Phi) is 5.07. The minimum atomic E-state index is -0.383. The molecule has 5 nitrogen and oxygen atoms in total. The predicted octanol–water partition coefficient (Wildman–Crippen LogP) is 3.75. The molecule has 1 amide bonds. The van der Waals surface area contributed by atoms with Gasteiger partial charge < -0.3 is 14.4 Å². The first-order chi connectivity index (χ1) is 13.6. The van der Waals surface area contributed by atoms with Gasteiger partial charge in [-0.15, -0.1) is 0 Å². The molecule has 0 bridgehead atoms. The Morgan fingerprint density at radius 2 is 1.71 bits per heavy atom. The molecule has 1 aliphatic heterocycles. The molecule has 0 atom stereocenters. The molecule has 1 saturated carbocycles. The van der Waals surface area contributed by atoms with E-state index in [9.17, 15) is 9.59 Å². The third kappa shape index (κ3) is 4.19. The predicted molar refractivity (Wildman–Crippen MR) is 105 cm³/mol. The van der Waals surface area contributed by atoms with Crippen LogP contribution in [0.2, 0.25) is 0 Å². The third-order valence-corrected chi connectivity index (χ3v) is 5.54. The fourth-order valence-corrected chi connectivity index (χ4v) is 3.66. The molecule has 4 rings (SSSR count). The normalized spacial score (nSPS) is 17.5. The van der Waals surface area contributed by atoms with Crippen LogP contribution in [0, 0.1) is 0 Å². The quantitative estimate of drug-likeness (QED) is 0.688. The summed E-state index contributed by atoms with van der Waals surface area (Å²) in [6.07, 6.45) is 4.07. The Morgan fingerprint density at radius 1 is 1.04 bits per heavy atom. The number of hydrogen-bond donors (Lipinski definition) is 0. The van der Waals surface area contributed by atoms with Gasteiger partial charge in [-0.25, -0.2) is 4.79 Å². The van der Waals surface area contributed by atoms with Crippen LogP contribution in [0.1, 0.15) is 47.2 Å². The Morgan fingerprint density at radius 3 is 2.29 bits per heavy atom. The van der Waals surface area contributed by atoms with Crippen molar-refractivity contribution in [1.82, 2.24) is 4.90 Å².